The zero-order chi connectivity index (χ0) is 23.7. The van der Waals surface area contributed by atoms with E-state index in [0.717, 1.165) is 5.56 Å². The molecule has 0 unspecified atom stereocenters. The summed E-state index contributed by atoms with van der Waals surface area (Å²) in [5, 5.41) is 14.7. The van der Waals surface area contributed by atoms with Gasteiger partial charge in [-0.15, -0.1) is 0 Å². The van der Waals surface area contributed by atoms with Crippen molar-refractivity contribution >= 4 is 23.2 Å². The molecule has 0 bridgehead atoms. The van der Waals surface area contributed by atoms with Crippen LogP contribution >= 0.6 is 12.2 Å². The Morgan fingerprint density at radius 3 is 2.00 bits per heavy atom. The molecule has 0 aliphatic carbocycles. The molecule has 0 fully saturated rings. The normalized spacial score (nSPS) is 10.8. The lowest BCUT2D eigenvalue weighted by molar-refractivity contribution is -0.137. The minimum absolute atomic E-state index is 0.229. The van der Waals surface area contributed by atoms with Gasteiger partial charge in [0.1, 0.15) is 0 Å². The maximum absolute atomic E-state index is 13.1. The number of amides is 1. The van der Waals surface area contributed by atoms with E-state index in [9.17, 15) is 9.90 Å². The van der Waals surface area contributed by atoms with Gasteiger partial charge in [-0.2, -0.15) is 0 Å². The molecule has 0 saturated heterocycles. The van der Waals surface area contributed by atoms with Gasteiger partial charge in [0.15, 0.2) is 22.2 Å². The molecule has 0 spiro atoms. The standard InChI is InChI=1S/C25H27N3O4S/c1-31-21-14-13-18(17-22(21)32-2)15-16-26-24(33)28-27-23(29)25(30,19-9-5-3-6-10-19)20-11-7-4-8-12-20/h3-14,17,30H,15-16H2,1-2H3,(H,27,29)(H2,26,28,33). The highest BCUT2D eigenvalue weighted by atomic mass is 32.1. The number of hydrazine groups is 1. The van der Waals surface area contributed by atoms with E-state index in [4.69, 9.17) is 21.7 Å². The van der Waals surface area contributed by atoms with E-state index in [2.05, 4.69) is 16.2 Å². The number of carbonyl (C=O) groups excluding carboxylic acids is 1. The molecule has 8 heteroatoms. The van der Waals surface area contributed by atoms with Crippen LogP contribution in [0.4, 0.5) is 0 Å². The van der Waals surface area contributed by atoms with Crippen LogP contribution < -0.4 is 25.6 Å². The minimum Gasteiger partial charge on any atom is -0.493 e. The van der Waals surface area contributed by atoms with E-state index < -0.39 is 11.5 Å². The van der Waals surface area contributed by atoms with Gasteiger partial charge in [-0.25, -0.2) is 0 Å². The number of methoxy groups -OCH3 is 2. The first-order valence-corrected chi connectivity index (χ1v) is 10.8. The molecule has 1 amide bonds. The van der Waals surface area contributed by atoms with Crippen LogP contribution in [0, 0.1) is 0 Å². The maximum atomic E-state index is 13.1. The van der Waals surface area contributed by atoms with E-state index in [1.54, 1.807) is 62.8 Å². The van der Waals surface area contributed by atoms with Crippen LogP contribution in [0.5, 0.6) is 11.5 Å². The van der Waals surface area contributed by atoms with Gasteiger partial charge >= 0.3 is 0 Å². The number of rotatable bonds is 8. The molecule has 0 aliphatic rings. The highest BCUT2D eigenvalue weighted by Crippen LogP contribution is 2.30. The molecule has 0 heterocycles. The van der Waals surface area contributed by atoms with E-state index in [-0.39, 0.29) is 5.11 Å². The second-order valence-electron chi connectivity index (χ2n) is 7.22. The zero-order valence-corrected chi connectivity index (χ0v) is 19.3. The van der Waals surface area contributed by atoms with Gasteiger partial charge in [0.25, 0.3) is 5.91 Å². The van der Waals surface area contributed by atoms with Crippen LogP contribution in [0.25, 0.3) is 0 Å². The topological polar surface area (TPSA) is 91.9 Å². The fraction of sp³-hybridized carbons (Fsp3) is 0.200. The summed E-state index contributed by atoms with van der Waals surface area (Å²) in [6.45, 7) is 0.527. The fourth-order valence-corrected chi connectivity index (χ4v) is 3.55. The summed E-state index contributed by atoms with van der Waals surface area (Å²) in [7, 11) is 3.18. The third kappa shape index (κ3) is 5.79. The average molecular weight is 466 g/mol. The van der Waals surface area contributed by atoms with Crippen molar-refractivity contribution < 1.29 is 19.4 Å². The van der Waals surface area contributed by atoms with E-state index in [1.807, 2.05) is 30.3 Å². The summed E-state index contributed by atoms with van der Waals surface area (Å²) >= 11 is 5.27. The Labute approximate surface area is 198 Å². The lowest BCUT2D eigenvalue weighted by atomic mass is 9.85. The largest absolute Gasteiger partial charge is 0.493 e. The fourth-order valence-electron chi connectivity index (χ4n) is 3.39. The van der Waals surface area contributed by atoms with Crippen molar-refractivity contribution in [1.29, 1.82) is 0 Å². The molecule has 33 heavy (non-hydrogen) atoms. The van der Waals surface area contributed by atoms with Gasteiger partial charge in [0, 0.05) is 6.54 Å². The predicted molar refractivity (Wildman–Crippen MR) is 131 cm³/mol. The monoisotopic (exact) mass is 465 g/mol. The summed E-state index contributed by atoms with van der Waals surface area (Å²) in [6.07, 6.45) is 0.675. The number of benzene rings is 3. The van der Waals surface area contributed by atoms with Gasteiger partial charge in [-0.3, -0.25) is 15.6 Å². The Hall–Kier alpha value is -3.62. The second kappa shape index (κ2) is 11.3. The molecule has 3 aromatic rings. The smallest absolute Gasteiger partial charge is 0.279 e. The first kappa shape index (κ1) is 24.0. The Bertz CT molecular complexity index is 1040. The summed E-state index contributed by atoms with van der Waals surface area (Å²) < 4.78 is 10.6. The van der Waals surface area contributed by atoms with Gasteiger partial charge in [0.05, 0.1) is 14.2 Å². The number of hydrogen-bond acceptors (Lipinski definition) is 5. The summed E-state index contributed by atoms with van der Waals surface area (Å²) in [5.74, 6) is 0.673. The maximum Gasteiger partial charge on any atom is 0.279 e. The average Bonchev–Trinajstić information content (AvgIpc) is 2.87. The van der Waals surface area contributed by atoms with Crippen molar-refractivity contribution in [2.24, 2.45) is 0 Å². The third-order valence-corrected chi connectivity index (χ3v) is 5.39. The number of thiocarbonyl (C=S) groups is 1. The molecule has 0 atom stereocenters. The van der Waals surface area contributed by atoms with Crippen LogP contribution in [0.15, 0.2) is 78.9 Å². The van der Waals surface area contributed by atoms with Crippen LogP contribution in [0.3, 0.4) is 0 Å². The third-order valence-electron chi connectivity index (χ3n) is 5.15. The van der Waals surface area contributed by atoms with Crippen LogP contribution in [0.1, 0.15) is 16.7 Å². The molecule has 0 radical (unpaired) electrons. The Kier molecular flexibility index (Phi) is 8.23. The van der Waals surface area contributed by atoms with Crippen molar-refractivity contribution in [2.75, 3.05) is 20.8 Å². The highest BCUT2D eigenvalue weighted by Gasteiger charge is 2.40. The molecule has 0 aliphatic heterocycles. The lowest BCUT2D eigenvalue weighted by Gasteiger charge is -2.28. The molecular formula is C25H27N3O4S. The van der Waals surface area contributed by atoms with Crippen LogP contribution in [0.2, 0.25) is 0 Å². The quantitative estimate of drug-likeness (QED) is 0.300. The molecule has 3 rings (SSSR count). The number of ether oxygens (including phenoxy) is 2. The first-order valence-electron chi connectivity index (χ1n) is 10.4. The van der Waals surface area contributed by atoms with Crippen molar-refractivity contribution in [3.63, 3.8) is 0 Å². The Morgan fingerprint density at radius 1 is 0.879 bits per heavy atom. The number of aliphatic hydroxyl groups is 1. The SMILES string of the molecule is COc1ccc(CCNC(=S)NNC(=O)C(O)(c2ccccc2)c2ccccc2)cc1OC. The lowest BCUT2D eigenvalue weighted by Crippen LogP contribution is -2.54. The van der Waals surface area contributed by atoms with Crippen molar-refractivity contribution in [2.45, 2.75) is 12.0 Å². The summed E-state index contributed by atoms with van der Waals surface area (Å²) in [6, 6.07) is 23.2. The van der Waals surface area contributed by atoms with Gasteiger partial charge in [-0.05, 0) is 47.5 Å². The van der Waals surface area contributed by atoms with E-state index in [0.29, 0.717) is 35.6 Å². The zero-order valence-electron chi connectivity index (χ0n) is 18.5. The van der Waals surface area contributed by atoms with Gasteiger partial charge in [0.2, 0.25) is 0 Å². The van der Waals surface area contributed by atoms with Crippen LogP contribution in [-0.4, -0.2) is 36.9 Å². The summed E-state index contributed by atoms with van der Waals surface area (Å²) in [4.78, 5) is 13.1. The number of carbonyl (C=O) groups is 1. The van der Waals surface area contributed by atoms with E-state index >= 15 is 0 Å². The van der Waals surface area contributed by atoms with Crippen LogP contribution in [-0.2, 0) is 16.8 Å². The molecule has 0 aromatic heterocycles. The molecule has 3 aromatic carbocycles. The van der Waals surface area contributed by atoms with Gasteiger partial charge < -0.3 is 19.9 Å². The van der Waals surface area contributed by atoms with Crippen molar-refractivity contribution in [3.05, 3.63) is 95.6 Å². The second-order valence-corrected chi connectivity index (χ2v) is 7.63. The van der Waals surface area contributed by atoms with Gasteiger partial charge in [-0.1, -0.05) is 66.7 Å². The number of hydrogen-bond donors (Lipinski definition) is 4. The number of nitrogens with one attached hydrogen (secondary N) is 3. The first-order chi connectivity index (χ1) is 16.0. The molecule has 7 nitrogen and oxygen atoms in total. The van der Waals surface area contributed by atoms with E-state index in [1.165, 1.54) is 0 Å². The molecule has 172 valence electrons. The minimum atomic E-state index is -1.88. The Balaban J connectivity index is 1.59. The summed E-state index contributed by atoms with van der Waals surface area (Å²) in [5.41, 5.74) is 5.24. The molecular weight excluding hydrogens is 438 g/mol. The highest BCUT2D eigenvalue weighted by molar-refractivity contribution is 7.80. The molecule has 0 saturated carbocycles. The Morgan fingerprint density at radius 2 is 1.45 bits per heavy atom. The van der Waals surface area contributed by atoms with Crippen molar-refractivity contribution in [1.82, 2.24) is 16.2 Å². The molecule has 4 N–H and O–H groups in total. The predicted octanol–water partition coefficient (Wildman–Crippen LogP) is 2.68. The van der Waals surface area contributed by atoms with Crippen molar-refractivity contribution in [3.8, 4) is 11.5 Å².